The van der Waals surface area contributed by atoms with Crippen molar-refractivity contribution in [2.75, 3.05) is 0 Å². The molecule has 0 saturated carbocycles. The fraction of sp³-hybridized carbons (Fsp3) is 0.316. The first-order chi connectivity index (χ1) is 9.88. The lowest BCUT2D eigenvalue weighted by Crippen LogP contribution is -2.29. The Morgan fingerprint density at radius 2 is 1.48 bits per heavy atom. The van der Waals surface area contributed by atoms with E-state index in [-0.39, 0.29) is 16.0 Å². The molecule has 1 nitrogen and oxygen atoms in total. The van der Waals surface area contributed by atoms with Gasteiger partial charge in [0.2, 0.25) is 0 Å². The van der Waals surface area contributed by atoms with E-state index < -0.39 is 0 Å². The van der Waals surface area contributed by atoms with Gasteiger partial charge in [0.05, 0.1) is 4.83 Å². The number of rotatable bonds is 4. The van der Waals surface area contributed by atoms with Crippen LogP contribution in [0.5, 0.6) is 0 Å². The number of hydrogen-bond donors (Lipinski definition) is 0. The van der Waals surface area contributed by atoms with E-state index in [4.69, 9.17) is 0 Å². The van der Waals surface area contributed by atoms with Gasteiger partial charge in [0.15, 0.2) is 5.78 Å². The minimum absolute atomic E-state index is 0.125. The van der Waals surface area contributed by atoms with E-state index in [0.717, 1.165) is 6.42 Å². The Balaban J connectivity index is 2.08. The van der Waals surface area contributed by atoms with Crippen LogP contribution in [0.2, 0.25) is 0 Å². The number of benzene rings is 2. The number of halogens is 1. The molecule has 1 unspecified atom stereocenters. The number of carbonyl (C=O) groups excluding carboxylic acids is 1. The van der Waals surface area contributed by atoms with Crippen LogP contribution in [0.15, 0.2) is 54.6 Å². The first-order valence-corrected chi connectivity index (χ1v) is 8.12. The fourth-order valence-electron chi connectivity index (χ4n) is 2.23. The Morgan fingerprint density at radius 3 is 2.00 bits per heavy atom. The van der Waals surface area contributed by atoms with Crippen molar-refractivity contribution in [1.82, 2.24) is 0 Å². The first kappa shape index (κ1) is 16.0. The summed E-state index contributed by atoms with van der Waals surface area (Å²) in [5.74, 6) is 0.245. The molecule has 0 aliphatic heterocycles. The molecule has 0 fully saturated rings. The molecule has 2 aromatic rings. The van der Waals surface area contributed by atoms with Crippen molar-refractivity contribution in [1.29, 1.82) is 0 Å². The molecule has 21 heavy (non-hydrogen) atoms. The highest BCUT2D eigenvalue weighted by Gasteiger charge is 2.27. The lowest BCUT2D eigenvalue weighted by atomic mass is 9.87. The van der Waals surface area contributed by atoms with Crippen LogP contribution in [0.25, 0.3) is 11.1 Å². The van der Waals surface area contributed by atoms with Crippen molar-refractivity contribution in [3.63, 3.8) is 0 Å². The van der Waals surface area contributed by atoms with Crippen LogP contribution >= 0.6 is 15.9 Å². The van der Waals surface area contributed by atoms with E-state index in [1.807, 2.05) is 39.0 Å². The maximum atomic E-state index is 12.2. The third kappa shape index (κ3) is 4.28. The normalized spacial score (nSPS) is 13.0. The fourth-order valence-corrected chi connectivity index (χ4v) is 3.29. The van der Waals surface area contributed by atoms with Crippen LogP contribution in [-0.2, 0) is 11.2 Å². The standard InChI is InChI=1S/C19H21BrO/c1-19(2,3)18(21)17(20)13-14-9-11-16(12-10-14)15-7-5-4-6-8-15/h4-12,17H,13H2,1-3H3. The number of alkyl halides is 1. The molecule has 0 aromatic heterocycles. The minimum atomic E-state index is -0.307. The average molecular weight is 345 g/mol. The molecule has 0 aliphatic rings. The van der Waals surface area contributed by atoms with E-state index in [1.54, 1.807) is 0 Å². The van der Waals surface area contributed by atoms with Gasteiger partial charge in [-0.25, -0.2) is 0 Å². The molecule has 1 atom stereocenters. The van der Waals surface area contributed by atoms with Crippen LogP contribution in [0.3, 0.4) is 0 Å². The van der Waals surface area contributed by atoms with Crippen molar-refractivity contribution in [2.45, 2.75) is 32.0 Å². The summed E-state index contributed by atoms with van der Waals surface area (Å²) < 4.78 is 0. The molecular formula is C19H21BrO. The second kappa shape index (κ2) is 6.57. The van der Waals surface area contributed by atoms with E-state index in [1.165, 1.54) is 16.7 Å². The zero-order valence-corrected chi connectivity index (χ0v) is 14.4. The molecule has 0 bridgehead atoms. The molecule has 0 heterocycles. The molecular weight excluding hydrogens is 324 g/mol. The Labute approximate surface area is 135 Å². The number of Topliss-reactive ketones (excluding diaryl/α,β-unsaturated/α-hetero) is 1. The van der Waals surface area contributed by atoms with Crippen LogP contribution in [0, 0.1) is 5.41 Å². The summed E-state index contributed by atoms with van der Waals surface area (Å²) >= 11 is 3.53. The smallest absolute Gasteiger partial charge is 0.152 e. The van der Waals surface area contributed by atoms with Crippen LogP contribution in [0.4, 0.5) is 0 Å². The highest BCUT2D eigenvalue weighted by Crippen LogP contribution is 2.25. The van der Waals surface area contributed by atoms with E-state index in [0.29, 0.717) is 0 Å². The van der Waals surface area contributed by atoms with Gasteiger partial charge in [0.1, 0.15) is 0 Å². The summed E-state index contributed by atoms with van der Waals surface area (Å²) in [7, 11) is 0. The molecule has 0 amide bonds. The Morgan fingerprint density at radius 1 is 0.952 bits per heavy atom. The van der Waals surface area contributed by atoms with E-state index in [9.17, 15) is 4.79 Å². The first-order valence-electron chi connectivity index (χ1n) is 7.20. The van der Waals surface area contributed by atoms with Gasteiger partial charge in [-0.3, -0.25) is 4.79 Å². The van der Waals surface area contributed by atoms with Crippen molar-refractivity contribution in [2.24, 2.45) is 5.41 Å². The van der Waals surface area contributed by atoms with Crippen molar-refractivity contribution < 1.29 is 4.79 Å². The Hall–Kier alpha value is -1.41. The van der Waals surface area contributed by atoms with Gasteiger partial charge in [-0.1, -0.05) is 91.3 Å². The molecule has 0 aliphatic carbocycles. The largest absolute Gasteiger partial charge is 0.298 e. The number of hydrogen-bond acceptors (Lipinski definition) is 1. The van der Waals surface area contributed by atoms with Crippen molar-refractivity contribution in [3.05, 3.63) is 60.2 Å². The van der Waals surface area contributed by atoms with Crippen LogP contribution < -0.4 is 0 Å². The molecule has 2 heteroatoms. The molecule has 0 N–H and O–H groups in total. The highest BCUT2D eigenvalue weighted by molar-refractivity contribution is 9.10. The predicted octanol–water partition coefficient (Wildman–Crippen LogP) is 5.27. The molecule has 0 radical (unpaired) electrons. The summed E-state index contributed by atoms with van der Waals surface area (Å²) in [4.78, 5) is 12.1. The van der Waals surface area contributed by atoms with Crippen LogP contribution in [0.1, 0.15) is 26.3 Å². The van der Waals surface area contributed by atoms with Gasteiger partial charge in [0, 0.05) is 5.41 Å². The molecule has 0 saturated heterocycles. The van der Waals surface area contributed by atoms with Gasteiger partial charge < -0.3 is 0 Å². The summed E-state index contributed by atoms with van der Waals surface area (Å²) in [5.41, 5.74) is 3.28. The second-order valence-electron chi connectivity index (χ2n) is 6.35. The zero-order valence-electron chi connectivity index (χ0n) is 12.8. The summed E-state index contributed by atoms with van der Waals surface area (Å²) in [5, 5.41) is 0. The molecule has 110 valence electrons. The molecule has 0 spiro atoms. The summed E-state index contributed by atoms with van der Waals surface area (Å²) in [6.07, 6.45) is 0.727. The summed E-state index contributed by atoms with van der Waals surface area (Å²) in [6, 6.07) is 18.7. The second-order valence-corrected chi connectivity index (χ2v) is 7.45. The zero-order chi connectivity index (χ0) is 15.5. The maximum absolute atomic E-state index is 12.2. The summed E-state index contributed by atoms with van der Waals surface area (Å²) in [6.45, 7) is 5.88. The quantitative estimate of drug-likeness (QED) is 0.690. The SMILES string of the molecule is CC(C)(C)C(=O)C(Br)Cc1ccc(-c2ccccc2)cc1. The van der Waals surface area contributed by atoms with Gasteiger partial charge in [-0.2, -0.15) is 0 Å². The monoisotopic (exact) mass is 344 g/mol. The third-order valence-corrected chi connectivity index (χ3v) is 4.24. The van der Waals surface area contributed by atoms with Crippen molar-refractivity contribution in [3.8, 4) is 11.1 Å². The molecule has 2 rings (SSSR count). The maximum Gasteiger partial charge on any atom is 0.152 e. The lowest BCUT2D eigenvalue weighted by molar-refractivity contribution is -0.125. The van der Waals surface area contributed by atoms with Gasteiger partial charge in [0.25, 0.3) is 0 Å². The number of carbonyl (C=O) groups is 1. The lowest BCUT2D eigenvalue weighted by Gasteiger charge is -2.20. The predicted molar refractivity (Wildman–Crippen MR) is 92.8 cm³/mol. The van der Waals surface area contributed by atoms with Gasteiger partial charge >= 0.3 is 0 Å². The topological polar surface area (TPSA) is 17.1 Å². The number of ketones is 1. The van der Waals surface area contributed by atoms with Crippen LogP contribution in [-0.4, -0.2) is 10.6 Å². The van der Waals surface area contributed by atoms with Gasteiger partial charge in [-0.05, 0) is 23.1 Å². The van der Waals surface area contributed by atoms with Gasteiger partial charge in [-0.15, -0.1) is 0 Å². The van der Waals surface area contributed by atoms with E-state index in [2.05, 4.69) is 52.3 Å². The van der Waals surface area contributed by atoms with E-state index >= 15 is 0 Å². The molecule has 2 aromatic carbocycles. The minimum Gasteiger partial charge on any atom is -0.298 e. The highest BCUT2D eigenvalue weighted by atomic mass is 79.9. The third-order valence-electron chi connectivity index (χ3n) is 3.50. The average Bonchev–Trinajstić information content (AvgIpc) is 2.47. The Bertz CT molecular complexity index is 594. The van der Waals surface area contributed by atoms with Crippen molar-refractivity contribution >= 4 is 21.7 Å². The Kier molecular flexibility index (Phi) is 5.00.